The van der Waals surface area contributed by atoms with E-state index >= 15 is 4.39 Å². The summed E-state index contributed by atoms with van der Waals surface area (Å²) in [7, 11) is 0. The van der Waals surface area contributed by atoms with Gasteiger partial charge in [-0.1, -0.05) is 51.1 Å². The van der Waals surface area contributed by atoms with E-state index in [1.165, 1.54) is 29.1 Å². The average Bonchev–Trinajstić information content (AvgIpc) is 4.21. The molecule has 2 aromatic heterocycles. The van der Waals surface area contributed by atoms with Crippen LogP contribution >= 0.6 is 0 Å². The van der Waals surface area contributed by atoms with Crippen molar-refractivity contribution in [1.29, 1.82) is 0 Å². The van der Waals surface area contributed by atoms with Crippen LogP contribution in [0.4, 0.5) is 8.78 Å². The molecule has 4 heterocycles. The largest absolute Gasteiger partial charge is 0.481 e. The molecule has 0 radical (unpaired) electrons. The molecule has 2 aliphatic rings. The number of aliphatic hydroxyl groups is 1. The number of benzene rings is 2. The minimum atomic E-state index is -1.85. The average molecular weight is 1100 g/mol. The lowest BCUT2D eigenvalue weighted by Gasteiger charge is -2.41. The van der Waals surface area contributed by atoms with Crippen LogP contribution in [0.25, 0.3) is 11.1 Å². The first kappa shape index (κ1) is 59.6. The van der Waals surface area contributed by atoms with Crippen molar-refractivity contribution in [1.82, 2.24) is 50.8 Å². The van der Waals surface area contributed by atoms with Gasteiger partial charge in [-0.25, -0.2) is 8.78 Å². The Balaban J connectivity index is 1.26. The number of amides is 9. The molecule has 0 aliphatic carbocycles. The van der Waals surface area contributed by atoms with Crippen LogP contribution < -0.4 is 26.6 Å². The third-order valence-electron chi connectivity index (χ3n) is 13.2. The number of carboxylic acids is 1. The third kappa shape index (κ3) is 16.2. The van der Waals surface area contributed by atoms with Gasteiger partial charge in [0.2, 0.25) is 41.4 Å². The summed E-state index contributed by atoms with van der Waals surface area (Å²) in [5.41, 5.74) is 1.14. The molecule has 7 N–H and O–H groups in total. The Morgan fingerprint density at radius 2 is 1.51 bits per heavy atom. The number of likely N-dealkylation sites (tertiary alicyclic amines) is 1. The molecule has 0 unspecified atom stereocenters. The Morgan fingerprint density at radius 3 is 2.16 bits per heavy atom. The van der Waals surface area contributed by atoms with E-state index < -0.39 is 139 Å². The molecule has 4 aromatic rings. The van der Waals surface area contributed by atoms with E-state index in [0.717, 1.165) is 35.9 Å². The summed E-state index contributed by atoms with van der Waals surface area (Å²) in [6.45, 7) is 4.54. The van der Waals surface area contributed by atoms with Crippen molar-refractivity contribution in [3.8, 4) is 11.1 Å². The highest BCUT2D eigenvalue weighted by Crippen LogP contribution is 2.41. The van der Waals surface area contributed by atoms with E-state index in [0.29, 0.717) is 22.6 Å². The molecule has 1 fully saturated rings. The molecule has 0 saturated carbocycles. The summed E-state index contributed by atoms with van der Waals surface area (Å²) in [6, 6.07) is 10.3. The van der Waals surface area contributed by atoms with Crippen LogP contribution in [0.15, 0.2) is 97.5 Å². The van der Waals surface area contributed by atoms with E-state index in [2.05, 4.69) is 31.6 Å². The van der Waals surface area contributed by atoms with Crippen molar-refractivity contribution in [2.24, 2.45) is 5.41 Å². The highest BCUT2D eigenvalue weighted by Gasteiger charge is 2.41. The predicted molar refractivity (Wildman–Crippen MR) is 279 cm³/mol. The van der Waals surface area contributed by atoms with Crippen LogP contribution in [-0.2, 0) is 60.9 Å². The number of hydrogen-bond acceptors (Lipinski definition) is 12. The highest BCUT2D eigenvalue weighted by atomic mass is 19.1. The summed E-state index contributed by atoms with van der Waals surface area (Å²) in [5.74, 6) is -9.96. The van der Waals surface area contributed by atoms with Gasteiger partial charge < -0.3 is 51.2 Å². The second kappa shape index (κ2) is 27.1. The van der Waals surface area contributed by atoms with Crippen molar-refractivity contribution in [2.45, 2.75) is 96.6 Å². The lowest BCUT2D eigenvalue weighted by atomic mass is 9.82. The van der Waals surface area contributed by atoms with Crippen LogP contribution in [0.5, 0.6) is 0 Å². The highest BCUT2D eigenvalue weighted by molar-refractivity contribution is 6.14. The zero-order valence-electron chi connectivity index (χ0n) is 44.1. The molecule has 22 nitrogen and oxygen atoms in total. The molecule has 2 aromatic carbocycles. The molecule has 5 atom stereocenters. The van der Waals surface area contributed by atoms with Gasteiger partial charge in [0, 0.05) is 80.3 Å². The van der Waals surface area contributed by atoms with E-state index in [1.54, 1.807) is 49.7 Å². The van der Waals surface area contributed by atoms with Crippen LogP contribution in [0, 0.1) is 17.0 Å². The number of carbonyl (C=O) groups is 10. The molecule has 6 rings (SSSR count). The summed E-state index contributed by atoms with van der Waals surface area (Å²) in [5, 5.41) is 33.1. The van der Waals surface area contributed by atoms with E-state index in [-0.39, 0.29) is 50.1 Å². The topological polar surface area (TPSA) is 299 Å². The second-order valence-electron chi connectivity index (χ2n) is 20.2. The standard InChI is InChI=1S/C55H64F2N10O12/c1-33(61-44(69)25-34-16-19-58-20-17-34)54(79)65-23-8-11-42(65)53(78)63-41(28-49(74)75)52(77)62-40(51(76)60-22-21-59-45(70)31-67-46(71)14-15-47(67)72)18-24-66(48(73)32-68)50(55(2,3)4)43-26-36(38-27-37(56)12-13-39(38)57)30-64(43)29-35-9-6-5-7-10-35/h5-7,9-10,12-17,19-20,26-27,30,33,40-42,50,68H,8,11,18,21-25,28-29,31-32H2,1-4H3,(H,59,70)(H,60,76)(H,61,69)(H,62,77)(H,63,78)(H,74,75)/t33-,40-,41-,42+,50-/m0/s1. The number of aromatic nitrogens is 2. The molecule has 24 heteroatoms. The van der Waals surface area contributed by atoms with Crippen molar-refractivity contribution in [3.05, 3.63) is 126 Å². The number of aliphatic hydroxyl groups excluding tert-OH is 1. The molecule has 0 bridgehead atoms. The number of imide groups is 1. The SMILES string of the molecule is C[C@H](NC(=O)Cc1ccncc1)C(=O)N1CCC[C@@H]1C(=O)N[C@@H](CC(=O)O)C(=O)N[C@@H](CCN(C(=O)CO)[C@@H](c1cc(-c2cc(F)ccc2F)cn1Cc1ccccc1)C(C)(C)C)C(=O)NCCNC(=O)CN1C(=O)C=CC1=O. The Hall–Kier alpha value is -8.67. The van der Waals surface area contributed by atoms with Crippen molar-refractivity contribution in [3.63, 3.8) is 0 Å². The molecule has 79 heavy (non-hydrogen) atoms. The molecule has 1 saturated heterocycles. The quantitative estimate of drug-likeness (QED) is 0.0367. The van der Waals surface area contributed by atoms with E-state index in [1.807, 2.05) is 30.3 Å². The number of carboxylic acid groups (broad SMARTS) is 1. The molecule has 0 spiro atoms. The normalized spacial score (nSPS) is 15.7. The first-order chi connectivity index (χ1) is 37.5. The van der Waals surface area contributed by atoms with Crippen LogP contribution in [0.1, 0.15) is 76.2 Å². The van der Waals surface area contributed by atoms with Gasteiger partial charge in [-0.05, 0) is 79.1 Å². The summed E-state index contributed by atoms with van der Waals surface area (Å²) >= 11 is 0. The van der Waals surface area contributed by atoms with Crippen LogP contribution in [0.2, 0.25) is 0 Å². The first-order valence-electron chi connectivity index (χ1n) is 25.5. The minimum Gasteiger partial charge on any atom is -0.481 e. The van der Waals surface area contributed by atoms with Gasteiger partial charge >= 0.3 is 5.97 Å². The second-order valence-corrected chi connectivity index (χ2v) is 20.2. The molecule has 9 amide bonds. The van der Waals surface area contributed by atoms with Crippen molar-refractivity contribution in [2.75, 3.05) is 39.3 Å². The predicted octanol–water partition coefficient (Wildman–Crippen LogP) is 1.51. The third-order valence-corrected chi connectivity index (χ3v) is 13.2. The lowest BCUT2D eigenvalue weighted by Crippen LogP contribution is -2.58. The lowest BCUT2D eigenvalue weighted by molar-refractivity contribution is -0.144. The number of rotatable bonds is 25. The van der Waals surface area contributed by atoms with Crippen molar-refractivity contribution >= 4 is 59.1 Å². The van der Waals surface area contributed by atoms with Gasteiger partial charge in [0.05, 0.1) is 18.9 Å². The molecular formula is C55H64F2N10O12. The Kier molecular flexibility index (Phi) is 20.4. The van der Waals surface area contributed by atoms with Gasteiger partial charge in [-0.2, -0.15) is 0 Å². The number of halogens is 2. The summed E-state index contributed by atoms with van der Waals surface area (Å²) < 4.78 is 31.8. The first-order valence-corrected chi connectivity index (χ1v) is 25.5. The van der Waals surface area contributed by atoms with Gasteiger partial charge in [-0.15, -0.1) is 0 Å². The summed E-state index contributed by atoms with van der Waals surface area (Å²) in [4.78, 5) is 139. The maximum Gasteiger partial charge on any atom is 0.305 e. The maximum atomic E-state index is 15.4. The van der Waals surface area contributed by atoms with Gasteiger partial charge in [0.1, 0.15) is 49.0 Å². The van der Waals surface area contributed by atoms with Gasteiger partial charge in [0.25, 0.3) is 11.8 Å². The smallest absolute Gasteiger partial charge is 0.305 e. The Morgan fingerprint density at radius 1 is 0.823 bits per heavy atom. The number of aliphatic carboxylic acids is 1. The monoisotopic (exact) mass is 1090 g/mol. The fraction of sp³-hybridized carbons (Fsp3) is 0.400. The van der Waals surface area contributed by atoms with E-state index in [9.17, 15) is 62.5 Å². The molecule has 420 valence electrons. The molecular weight excluding hydrogens is 1030 g/mol. The van der Waals surface area contributed by atoms with Crippen LogP contribution in [-0.4, -0.2) is 157 Å². The van der Waals surface area contributed by atoms with Crippen LogP contribution in [0.3, 0.4) is 0 Å². The Bertz CT molecular complexity index is 2930. The van der Waals surface area contributed by atoms with E-state index in [4.69, 9.17) is 0 Å². The maximum absolute atomic E-state index is 15.4. The Labute approximate surface area is 454 Å². The van der Waals surface area contributed by atoms with Crippen molar-refractivity contribution < 1.29 is 66.9 Å². The minimum absolute atomic E-state index is 0.0497. The number of pyridine rings is 1. The zero-order valence-corrected chi connectivity index (χ0v) is 44.1. The number of nitrogens with zero attached hydrogens (tertiary/aromatic N) is 5. The number of hydrogen-bond donors (Lipinski definition) is 7. The van der Waals surface area contributed by atoms with Gasteiger partial charge in [-0.3, -0.25) is 57.8 Å². The fourth-order valence-corrected chi connectivity index (χ4v) is 9.45. The van der Waals surface area contributed by atoms with Gasteiger partial charge in [0.15, 0.2) is 0 Å². The summed E-state index contributed by atoms with van der Waals surface area (Å²) in [6.07, 6.45) is 5.64. The number of carbonyl (C=O) groups excluding carboxylic acids is 9. The number of nitrogens with one attached hydrogen (secondary N) is 5. The fourth-order valence-electron chi connectivity index (χ4n) is 9.45. The zero-order chi connectivity index (χ0) is 57.6. The molecule has 2 aliphatic heterocycles.